The van der Waals surface area contributed by atoms with Gasteiger partial charge in [0.2, 0.25) is 0 Å². The Morgan fingerprint density at radius 1 is 1.25 bits per heavy atom. The second-order valence-corrected chi connectivity index (χ2v) is 6.12. The molecule has 0 saturated heterocycles. The third-order valence-corrected chi connectivity index (χ3v) is 4.35. The Labute approximate surface area is 142 Å². The Kier molecular flexibility index (Phi) is 3.58. The zero-order valence-electron chi connectivity index (χ0n) is 12.7. The molecule has 1 aromatic heterocycles. The number of fused-ring (bicyclic) bond motifs is 2. The zero-order chi connectivity index (χ0) is 16.7. The normalized spacial score (nSPS) is 12.9. The van der Waals surface area contributed by atoms with Crippen LogP contribution in [0.2, 0.25) is 5.02 Å². The predicted molar refractivity (Wildman–Crippen MR) is 91.0 cm³/mol. The first-order chi connectivity index (χ1) is 11.6. The molecule has 6 heteroatoms. The lowest BCUT2D eigenvalue weighted by Crippen LogP contribution is -2.24. The molecule has 0 spiro atoms. The molecule has 5 nitrogen and oxygen atoms in total. The summed E-state index contributed by atoms with van der Waals surface area (Å²) in [4.78, 5) is 29.3. The molecule has 0 saturated carbocycles. The van der Waals surface area contributed by atoms with Gasteiger partial charge in [-0.1, -0.05) is 11.6 Å². The molecule has 4 rings (SSSR count). The van der Waals surface area contributed by atoms with Gasteiger partial charge in [0.25, 0.3) is 5.56 Å². The van der Waals surface area contributed by atoms with Crippen molar-refractivity contribution in [1.29, 1.82) is 0 Å². The van der Waals surface area contributed by atoms with Crippen molar-refractivity contribution in [2.75, 3.05) is 6.61 Å². The van der Waals surface area contributed by atoms with Crippen molar-refractivity contribution in [1.82, 2.24) is 9.55 Å². The first kappa shape index (κ1) is 14.9. The second kappa shape index (κ2) is 5.76. The summed E-state index contributed by atoms with van der Waals surface area (Å²) in [7, 11) is 0. The molecular weight excluding hydrogens is 328 g/mol. The van der Waals surface area contributed by atoms with Crippen molar-refractivity contribution < 1.29 is 9.53 Å². The highest BCUT2D eigenvalue weighted by atomic mass is 35.5. The van der Waals surface area contributed by atoms with E-state index in [-0.39, 0.29) is 17.9 Å². The van der Waals surface area contributed by atoms with Crippen LogP contribution in [0.5, 0.6) is 5.75 Å². The van der Waals surface area contributed by atoms with E-state index in [9.17, 15) is 9.59 Å². The van der Waals surface area contributed by atoms with E-state index < -0.39 is 0 Å². The third kappa shape index (κ3) is 2.57. The molecule has 0 unspecified atom stereocenters. The highest BCUT2D eigenvalue weighted by molar-refractivity contribution is 6.31. The summed E-state index contributed by atoms with van der Waals surface area (Å²) in [6, 6.07) is 10.3. The van der Waals surface area contributed by atoms with Crippen LogP contribution < -0.4 is 10.3 Å². The molecule has 120 valence electrons. The zero-order valence-corrected chi connectivity index (χ0v) is 13.4. The van der Waals surface area contributed by atoms with Gasteiger partial charge < -0.3 is 4.74 Å². The smallest absolute Gasteiger partial charge is 0.261 e. The fraction of sp³-hybridized carbons (Fsp3) is 0.167. The second-order valence-electron chi connectivity index (χ2n) is 5.68. The van der Waals surface area contributed by atoms with Crippen LogP contribution in [0.4, 0.5) is 0 Å². The average molecular weight is 341 g/mol. The minimum atomic E-state index is -0.277. The predicted octanol–water partition coefficient (Wildman–Crippen LogP) is 2.87. The molecule has 0 radical (unpaired) electrons. The van der Waals surface area contributed by atoms with Crippen LogP contribution in [0, 0.1) is 0 Å². The lowest BCUT2D eigenvalue weighted by atomic mass is 10.1. The maximum absolute atomic E-state index is 12.5. The fourth-order valence-electron chi connectivity index (χ4n) is 2.85. The molecule has 0 N–H and O–H groups in total. The number of benzene rings is 2. The lowest BCUT2D eigenvalue weighted by molar-refractivity contribution is 0.0970. The summed E-state index contributed by atoms with van der Waals surface area (Å²) in [6.45, 7) is 0.579. The van der Waals surface area contributed by atoms with E-state index in [1.807, 2.05) is 6.07 Å². The molecule has 0 fully saturated rings. The minimum Gasteiger partial charge on any atom is -0.493 e. The summed E-state index contributed by atoms with van der Waals surface area (Å²) in [6.07, 6.45) is 2.19. The van der Waals surface area contributed by atoms with Crippen LogP contribution in [0.15, 0.2) is 47.5 Å². The molecule has 0 amide bonds. The van der Waals surface area contributed by atoms with Crippen molar-refractivity contribution >= 4 is 28.3 Å². The Hall–Kier alpha value is -2.66. The van der Waals surface area contributed by atoms with Crippen LogP contribution in [-0.4, -0.2) is 21.9 Å². The Balaban J connectivity index is 1.67. The van der Waals surface area contributed by atoms with Gasteiger partial charge in [0.1, 0.15) is 5.75 Å². The van der Waals surface area contributed by atoms with Gasteiger partial charge in [0, 0.05) is 17.0 Å². The van der Waals surface area contributed by atoms with E-state index in [0.29, 0.717) is 28.1 Å². The summed E-state index contributed by atoms with van der Waals surface area (Å²) in [5, 5.41) is 0.865. The van der Waals surface area contributed by atoms with E-state index in [1.165, 1.54) is 10.9 Å². The van der Waals surface area contributed by atoms with Gasteiger partial charge in [-0.05, 0) is 42.0 Å². The van der Waals surface area contributed by atoms with Gasteiger partial charge in [0.15, 0.2) is 5.78 Å². The van der Waals surface area contributed by atoms with Crippen molar-refractivity contribution in [2.45, 2.75) is 13.0 Å². The van der Waals surface area contributed by atoms with Gasteiger partial charge in [-0.2, -0.15) is 0 Å². The third-order valence-electron chi connectivity index (χ3n) is 4.11. The summed E-state index contributed by atoms with van der Waals surface area (Å²) in [5.41, 5.74) is 1.87. The van der Waals surface area contributed by atoms with Crippen molar-refractivity contribution in [2.24, 2.45) is 0 Å². The number of hydrogen-bond acceptors (Lipinski definition) is 4. The van der Waals surface area contributed by atoms with Gasteiger partial charge in [-0.3, -0.25) is 14.2 Å². The molecule has 1 aliphatic rings. The number of Topliss-reactive ketones (excluding diaryl/α,β-unsaturated/α-hetero) is 1. The highest BCUT2D eigenvalue weighted by Crippen LogP contribution is 2.26. The van der Waals surface area contributed by atoms with Crippen LogP contribution in [0.1, 0.15) is 15.9 Å². The summed E-state index contributed by atoms with van der Waals surface area (Å²) >= 11 is 5.94. The van der Waals surface area contributed by atoms with E-state index in [4.69, 9.17) is 16.3 Å². The number of halogens is 1. The largest absolute Gasteiger partial charge is 0.493 e. The minimum absolute atomic E-state index is 0.0616. The molecule has 0 bridgehead atoms. The van der Waals surface area contributed by atoms with Crippen LogP contribution in [0.25, 0.3) is 10.9 Å². The first-order valence-electron chi connectivity index (χ1n) is 7.55. The molecule has 24 heavy (non-hydrogen) atoms. The first-order valence-corrected chi connectivity index (χ1v) is 7.93. The molecule has 3 aromatic rings. The number of ketones is 1. The van der Waals surface area contributed by atoms with E-state index in [1.54, 1.807) is 30.3 Å². The van der Waals surface area contributed by atoms with Crippen LogP contribution in [-0.2, 0) is 13.0 Å². The topological polar surface area (TPSA) is 61.2 Å². The summed E-state index contributed by atoms with van der Waals surface area (Å²) < 4.78 is 6.75. The average Bonchev–Trinajstić information content (AvgIpc) is 3.05. The molecule has 2 heterocycles. The van der Waals surface area contributed by atoms with E-state index >= 15 is 0 Å². The molecule has 0 aliphatic carbocycles. The number of hydrogen-bond donors (Lipinski definition) is 0. The number of nitrogens with zero attached hydrogens (tertiary/aromatic N) is 2. The number of carbonyl (C=O) groups excluding carboxylic acids is 1. The maximum atomic E-state index is 12.5. The molecule has 2 aromatic carbocycles. The van der Waals surface area contributed by atoms with Gasteiger partial charge in [0.05, 0.1) is 30.4 Å². The monoisotopic (exact) mass is 340 g/mol. The van der Waals surface area contributed by atoms with Crippen LogP contribution in [0.3, 0.4) is 0 Å². The molecule has 0 atom stereocenters. The maximum Gasteiger partial charge on any atom is 0.261 e. The SMILES string of the molecule is O=C(Cn1cnc2ccc(Cl)cc2c1=O)c1ccc2c(c1)CCO2. The van der Waals surface area contributed by atoms with Crippen molar-refractivity contribution in [3.05, 3.63) is 69.2 Å². The van der Waals surface area contributed by atoms with Crippen LogP contribution >= 0.6 is 11.6 Å². The number of ether oxygens (including phenoxy) is 1. The van der Waals surface area contributed by atoms with E-state index in [2.05, 4.69) is 4.98 Å². The number of rotatable bonds is 3. The van der Waals surface area contributed by atoms with Crippen molar-refractivity contribution in [3.8, 4) is 5.75 Å². The number of carbonyl (C=O) groups is 1. The standard InChI is InChI=1S/C18H13ClN2O3/c19-13-2-3-15-14(8-13)18(23)21(10-20-15)9-16(22)11-1-4-17-12(7-11)5-6-24-17/h1-4,7-8,10H,5-6,9H2. The highest BCUT2D eigenvalue weighted by Gasteiger charge is 2.16. The van der Waals surface area contributed by atoms with Gasteiger partial charge in [-0.25, -0.2) is 4.98 Å². The van der Waals surface area contributed by atoms with Crippen molar-refractivity contribution in [3.63, 3.8) is 0 Å². The Morgan fingerprint density at radius 2 is 2.12 bits per heavy atom. The lowest BCUT2D eigenvalue weighted by Gasteiger charge is -2.07. The Morgan fingerprint density at radius 3 is 3.00 bits per heavy atom. The molecular formula is C18H13ClN2O3. The van der Waals surface area contributed by atoms with Gasteiger partial charge in [-0.15, -0.1) is 0 Å². The van der Waals surface area contributed by atoms with E-state index in [0.717, 1.165) is 17.7 Å². The quantitative estimate of drug-likeness (QED) is 0.688. The van der Waals surface area contributed by atoms with Gasteiger partial charge >= 0.3 is 0 Å². The number of aromatic nitrogens is 2. The fourth-order valence-corrected chi connectivity index (χ4v) is 3.02. The Bertz CT molecular complexity index is 1030. The summed E-state index contributed by atoms with van der Waals surface area (Å²) in [5.74, 6) is 0.681. The molecule has 1 aliphatic heterocycles.